The van der Waals surface area contributed by atoms with Gasteiger partial charge in [0.05, 0.1) is 6.26 Å². The van der Waals surface area contributed by atoms with Gasteiger partial charge >= 0.3 is 0 Å². The molecule has 0 bridgehead atoms. The minimum absolute atomic E-state index is 0.245. The van der Waals surface area contributed by atoms with Gasteiger partial charge in [-0.25, -0.2) is 23.1 Å². The van der Waals surface area contributed by atoms with Crippen molar-refractivity contribution < 1.29 is 13.2 Å². The molecule has 0 aliphatic rings. The van der Waals surface area contributed by atoms with Crippen LogP contribution in [0.1, 0.15) is 10.4 Å². The van der Waals surface area contributed by atoms with Crippen molar-refractivity contribution in [3.63, 3.8) is 0 Å². The molecule has 0 aliphatic heterocycles. The quantitative estimate of drug-likeness (QED) is 0.868. The molecule has 2 N–H and O–H groups in total. The maximum atomic E-state index is 11.6. The first kappa shape index (κ1) is 13.9. The number of carbonyl (C=O) groups is 1. The van der Waals surface area contributed by atoms with Gasteiger partial charge in [0.15, 0.2) is 0 Å². The van der Waals surface area contributed by atoms with E-state index in [0.717, 1.165) is 6.26 Å². The molecule has 20 heavy (non-hydrogen) atoms. The normalized spacial score (nSPS) is 10.8. The lowest BCUT2D eigenvalue weighted by atomic mass is 10.2. The number of carbonyl (C=O) groups excluding carboxylic acids is 1. The molecule has 1 amide bonds. The lowest BCUT2D eigenvalue weighted by Crippen LogP contribution is -2.29. The average molecular weight is 292 g/mol. The molecule has 2 aromatic rings. The zero-order chi connectivity index (χ0) is 14.6. The third kappa shape index (κ3) is 4.02. The number of nitrogens with one attached hydrogen (secondary N) is 2. The predicted octanol–water partition coefficient (Wildman–Crippen LogP) is 0.910. The van der Waals surface area contributed by atoms with Crippen molar-refractivity contribution in [1.29, 1.82) is 0 Å². The van der Waals surface area contributed by atoms with Gasteiger partial charge in [-0.3, -0.25) is 4.79 Å². The SMILES string of the molecule is CS(=O)(=O)NC(=O)c1ccc(Nc2ncccn2)cc1. The molecular formula is C12H12N4O3S. The van der Waals surface area contributed by atoms with E-state index in [4.69, 9.17) is 0 Å². The summed E-state index contributed by atoms with van der Waals surface area (Å²) in [6.45, 7) is 0. The zero-order valence-electron chi connectivity index (χ0n) is 10.6. The third-order valence-electron chi connectivity index (χ3n) is 2.25. The molecule has 0 saturated carbocycles. The fourth-order valence-electron chi connectivity index (χ4n) is 1.42. The van der Waals surface area contributed by atoms with Gasteiger partial charge < -0.3 is 5.32 Å². The van der Waals surface area contributed by atoms with Gasteiger partial charge in [-0.2, -0.15) is 0 Å². The van der Waals surface area contributed by atoms with E-state index >= 15 is 0 Å². The van der Waals surface area contributed by atoms with Gasteiger partial charge in [-0.05, 0) is 30.3 Å². The highest BCUT2D eigenvalue weighted by molar-refractivity contribution is 7.89. The maximum absolute atomic E-state index is 11.6. The fourth-order valence-corrected chi connectivity index (χ4v) is 1.88. The van der Waals surface area contributed by atoms with Crippen LogP contribution in [0, 0.1) is 0 Å². The van der Waals surface area contributed by atoms with E-state index in [0.29, 0.717) is 11.6 Å². The molecule has 104 valence electrons. The Labute approximate surface area is 116 Å². The summed E-state index contributed by atoms with van der Waals surface area (Å²) in [5, 5.41) is 2.95. The van der Waals surface area contributed by atoms with Crippen LogP contribution < -0.4 is 10.0 Å². The Bertz CT molecular complexity index is 699. The molecule has 1 aromatic carbocycles. The molecular weight excluding hydrogens is 280 g/mol. The molecule has 1 heterocycles. The Morgan fingerprint density at radius 1 is 1.10 bits per heavy atom. The number of hydrogen-bond acceptors (Lipinski definition) is 6. The van der Waals surface area contributed by atoms with E-state index in [1.165, 1.54) is 12.1 Å². The number of anilines is 2. The van der Waals surface area contributed by atoms with Crippen LogP contribution in [0.4, 0.5) is 11.6 Å². The minimum Gasteiger partial charge on any atom is -0.324 e. The maximum Gasteiger partial charge on any atom is 0.264 e. The van der Waals surface area contributed by atoms with E-state index in [2.05, 4.69) is 15.3 Å². The molecule has 1 aromatic heterocycles. The van der Waals surface area contributed by atoms with Crippen molar-refractivity contribution in [1.82, 2.24) is 14.7 Å². The summed E-state index contributed by atoms with van der Waals surface area (Å²) in [7, 11) is -3.57. The van der Waals surface area contributed by atoms with Crippen LogP contribution in [0.15, 0.2) is 42.7 Å². The van der Waals surface area contributed by atoms with Crippen LogP contribution in [0.25, 0.3) is 0 Å². The van der Waals surface area contributed by atoms with Gasteiger partial charge in [0, 0.05) is 23.6 Å². The largest absolute Gasteiger partial charge is 0.324 e. The fraction of sp³-hybridized carbons (Fsp3) is 0.0833. The van der Waals surface area contributed by atoms with E-state index in [-0.39, 0.29) is 5.56 Å². The van der Waals surface area contributed by atoms with E-state index in [1.807, 2.05) is 4.72 Å². The Morgan fingerprint density at radius 2 is 1.70 bits per heavy atom. The molecule has 0 unspecified atom stereocenters. The summed E-state index contributed by atoms with van der Waals surface area (Å²) >= 11 is 0. The Balaban J connectivity index is 2.09. The summed E-state index contributed by atoms with van der Waals surface area (Å²) in [5.74, 6) is -0.240. The summed E-state index contributed by atoms with van der Waals surface area (Å²) in [6.07, 6.45) is 4.13. The lowest BCUT2D eigenvalue weighted by molar-refractivity contribution is 0.0981. The van der Waals surface area contributed by atoms with E-state index in [9.17, 15) is 13.2 Å². The third-order valence-corrected chi connectivity index (χ3v) is 2.80. The second-order valence-electron chi connectivity index (χ2n) is 3.98. The highest BCUT2D eigenvalue weighted by Crippen LogP contribution is 2.13. The molecule has 2 rings (SSSR count). The second kappa shape index (κ2) is 5.66. The van der Waals surface area contributed by atoms with Crippen LogP contribution >= 0.6 is 0 Å². The molecule has 0 spiro atoms. The number of rotatable bonds is 4. The van der Waals surface area contributed by atoms with Gasteiger partial charge in [0.25, 0.3) is 5.91 Å². The Kier molecular flexibility index (Phi) is 3.94. The van der Waals surface area contributed by atoms with Crippen molar-refractivity contribution in [3.8, 4) is 0 Å². The first-order valence-electron chi connectivity index (χ1n) is 5.60. The molecule has 0 aliphatic carbocycles. The van der Waals surface area contributed by atoms with Crippen LogP contribution in [-0.4, -0.2) is 30.5 Å². The smallest absolute Gasteiger partial charge is 0.264 e. The number of hydrogen-bond donors (Lipinski definition) is 2. The van der Waals surface area contributed by atoms with Crippen molar-refractivity contribution >= 4 is 27.6 Å². The Morgan fingerprint density at radius 3 is 2.25 bits per heavy atom. The summed E-state index contributed by atoms with van der Waals surface area (Å²) in [5.41, 5.74) is 0.932. The summed E-state index contributed by atoms with van der Waals surface area (Å²) < 4.78 is 23.8. The van der Waals surface area contributed by atoms with E-state index in [1.54, 1.807) is 30.6 Å². The second-order valence-corrected chi connectivity index (χ2v) is 5.73. The highest BCUT2D eigenvalue weighted by atomic mass is 32.2. The van der Waals surface area contributed by atoms with Crippen LogP contribution in [-0.2, 0) is 10.0 Å². The number of nitrogens with zero attached hydrogens (tertiary/aromatic N) is 2. The lowest BCUT2D eigenvalue weighted by Gasteiger charge is -2.06. The van der Waals surface area contributed by atoms with Crippen molar-refractivity contribution in [2.24, 2.45) is 0 Å². The summed E-state index contributed by atoms with van der Waals surface area (Å²) in [6, 6.07) is 7.97. The van der Waals surface area contributed by atoms with E-state index < -0.39 is 15.9 Å². The number of aromatic nitrogens is 2. The zero-order valence-corrected chi connectivity index (χ0v) is 11.4. The number of sulfonamides is 1. The van der Waals surface area contributed by atoms with Crippen molar-refractivity contribution in [3.05, 3.63) is 48.3 Å². The Hall–Kier alpha value is -2.48. The topological polar surface area (TPSA) is 101 Å². The minimum atomic E-state index is -3.57. The number of benzene rings is 1. The van der Waals surface area contributed by atoms with Crippen LogP contribution in [0.2, 0.25) is 0 Å². The predicted molar refractivity (Wildman–Crippen MR) is 74.1 cm³/mol. The van der Waals surface area contributed by atoms with Gasteiger partial charge in [-0.1, -0.05) is 0 Å². The molecule has 0 atom stereocenters. The molecule has 8 heteroatoms. The summed E-state index contributed by atoms with van der Waals surface area (Å²) in [4.78, 5) is 19.6. The van der Waals surface area contributed by atoms with Crippen LogP contribution in [0.3, 0.4) is 0 Å². The number of amides is 1. The first-order valence-corrected chi connectivity index (χ1v) is 7.49. The van der Waals surface area contributed by atoms with Crippen molar-refractivity contribution in [2.75, 3.05) is 11.6 Å². The molecule has 0 fully saturated rings. The van der Waals surface area contributed by atoms with Gasteiger partial charge in [0.1, 0.15) is 0 Å². The average Bonchev–Trinajstić information content (AvgIpc) is 2.39. The molecule has 7 nitrogen and oxygen atoms in total. The molecule has 0 radical (unpaired) electrons. The first-order chi connectivity index (χ1) is 9.44. The highest BCUT2D eigenvalue weighted by Gasteiger charge is 2.10. The monoisotopic (exact) mass is 292 g/mol. The van der Waals surface area contributed by atoms with Crippen LogP contribution in [0.5, 0.6) is 0 Å². The van der Waals surface area contributed by atoms with Crippen molar-refractivity contribution in [2.45, 2.75) is 0 Å². The standard InChI is InChI=1S/C12H12N4O3S/c1-20(18,19)16-11(17)9-3-5-10(6-4-9)15-12-13-7-2-8-14-12/h2-8H,1H3,(H,16,17)(H,13,14,15). The van der Waals surface area contributed by atoms with Gasteiger partial charge in [0.2, 0.25) is 16.0 Å². The molecule has 0 saturated heterocycles. The van der Waals surface area contributed by atoms with Gasteiger partial charge in [-0.15, -0.1) is 0 Å².